The van der Waals surface area contributed by atoms with Crippen molar-refractivity contribution in [2.24, 2.45) is 5.92 Å². The second-order valence-corrected chi connectivity index (χ2v) is 9.65. The van der Waals surface area contributed by atoms with Gasteiger partial charge in [0.1, 0.15) is 11.4 Å². The molecule has 1 aromatic carbocycles. The van der Waals surface area contributed by atoms with Crippen LogP contribution in [-0.4, -0.2) is 50.2 Å². The predicted octanol–water partition coefficient (Wildman–Crippen LogP) is 4.49. The van der Waals surface area contributed by atoms with Gasteiger partial charge in [0, 0.05) is 31.5 Å². The van der Waals surface area contributed by atoms with Crippen LogP contribution >= 0.6 is 0 Å². The largest absolute Gasteiger partial charge is 0.353 e. The summed E-state index contributed by atoms with van der Waals surface area (Å²) in [6.45, 7) is 1.02. The third-order valence-electron chi connectivity index (χ3n) is 7.18. The number of amides is 2. The van der Waals surface area contributed by atoms with Crippen LogP contribution in [-0.2, 0) is 4.79 Å². The molecule has 0 spiro atoms. The van der Waals surface area contributed by atoms with Crippen molar-refractivity contribution in [3.63, 3.8) is 0 Å². The molecule has 184 valence electrons. The van der Waals surface area contributed by atoms with Gasteiger partial charge in [0.2, 0.25) is 5.91 Å². The van der Waals surface area contributed by atoms with E-state index in [0.29, 0.717) is 30.2 Å². The maximum atomic E-state index is 13.7. The number of rotatable bonds is 5. The normalized spacial score (nSPS) is 19.3. The highest BCUT2D eigenvalue weighted by atomic mass is 19.1. The van der Waals surface area contributed by atoms with Gasteiger partial charge < -0.3 is 14.8 Å². The highest BCUT2D eigenvalue weighted by Crippen LogP contribution is 2.25. The third-order valence-corrected chi connectivity index (χ3v) is 7.18. The molecule has 1 N–H and O–H groups in total. The lowest BCUT2D eigenvalue weighted by Gasteiger charge is -2.33. The summed E-state index contributed by atoms with van der Waals surface area (Å²) >= 11 is 0. The smallest absolute Gasteiger partial charge is 0.259 e. The molecule has 2 fully saturated rings. The van der Waals surface area contributed by atoms with Gasteiger partial charge in [-0.3, -0.25) is 9.59 Å². The van der Waals surface area contributed by atoms with E-state index in [4.69, 9.17) is 0 Å². The van der Waals surface area contributed by atoms with Gasteiger partial charge in [-0.25, -0.2) is 9.07 Å². The van der Waals surface area contributed by atoms with E-state index in [0.717, 1.165) is 25.7 Å². The Morgan fingerprint density at radius 1 is 0.943 bits per heavy atom. The first-order chi connectivity index (χ1) is 17.1. The lowest BCUT2D eigenvalue weighted by Crippen LogP contribution is -2.47. The van der Waals surface area contributed by atoms with E-state index in [1.54, 1.807) is 27.9 Å². The number of likely N-dealkylation sites (tertiary alicyclic amines) is 1. The summed E-state index contributed by atoms with van der Waals surface area (Å²) in [4.78, 5) is 28.5. The number of hydrogen-bond acceptors (Lipinski definition) is 3. The minimum atomic E-state index is -0.332. The van der Waals surface area contributed by atoms with Crippen molar-refractivity contribution < 1.29 is 14.0 Å². The molecule has 5 rings (SSSR count). The van der Waals surface area contributed by atoms with Crippen molar-refractivity contribution in [2.45, 2.75) is 57.4 Å². The molecule has 2 aromatic heterocycles. The molecular formula is C27H32FN5O2. The Bertz CT molecular complexity index is 1150. The molecule has 2 aliphatic rings. The van der Waals surface area contributed by atoms with Gasteiger partial charge >= 0.3 is 0 Å². The summed E-state index contributed by atoms with van der Waals surface area (Å²) in [5, 5.41) is 7.74. The van der Waals surface area contributed by atoms with Gasteiger partial charge in [0.25, 0.3) is 5.91 Å². The van der Waals surface area contributed by atoms with Crippen LogP contribution in [0.25, 0.3) is 11.5 Å². The molecule has 1 saturated heterocycles. The maximum Gasteiger partial charge on any atom is 0.259 e. The second kappa shape index (κ2) is 10.5. The molecule has 0 unspecified atom stereocenters. The van der Waals surface area contributed by atoms with Crippen LogP contribution in [0.15, 0.2) is 55.0 Å². The number of carbonyl (C=O) groups excluding carboxylic acids is 2. The molecule has 1 aliphatic heterocycles. The van der Waals surface area contributed by atoms with Crippen molar-refractivity contribution >= 4 is 11.8 Å². The van der Waals surface area contributed by atoms with Gasteiger partial charge in [0.05, 0.1) is 17.8 Å². The highest BCUT2D eigenvalue weighted by molar-refractivity contribution is 5.97. The van der Waals surface area contributed by atoms with E-state index in [2.05, 4.69) is 10.4 Å². The summed E-state index contributed by atoms with van der Waals surface area (Å²) in [6, 6.07) is 10.0. The molecular weight excluding hydrogens is 445 g/mol. The number of aromatic nitrogens is 3. The molecule has 0 radical (unpaired) electrons. The van der Waals surface area contributed by atoms with Crippen LogP contribution < -0.4 is 5.32 Å². The molecule has 7 nitrogen and oxygen atoms in total. The lowest BCUT2D eigenvalue weighted by atomic mass is 9.95. The summed E-state index contributed by atoms with van der Waals surface area (Å²) < 4.78 is 17.0. The van der Waals surface area contributed by atoms with Crippen molar-refractivity contribution in [2.75, 3.05) is 13.1 Å². The fourth-order valence-electron chi connectivity index (χ4n) is 5.28. The molecule has 0 bridgehead atoms. The van der Waals surface area contributed by atoms with Crippen molar-refractivity contribution in [3.05, 3.63) is 66.4 Å². The maximum absolute atomic E-state index is 13.7. The SMILES string of the molecule is O=C(NC1CCCCCC1)[C@H]1CCCN(C(=O)c2cnn(-c3ccc(F)cc3)c2-n2cccc2)C1. The van der Waals surface area contributed by atoms with Crippen molar-refractivity contribution in [1.29, 1.82) is 0 Å². The molecule has 2 amide bonds. The Labute approximate surface area is 204 Å². The van der Waals surface area contributed by atoms with E-state index >= 15 is 0 Å². The zero-order valence-electron chi connectivity index (χ0n) is 19.9. The molecule has 3 aromatic rings. The van der Waals surface area contributed by atoms with Gasteiger partial charge in [-0.2, -0.15) is 5.10 Å². The molecule has 1 aliphatic carbocycles. The first kappa shape index (κ1) is 23.3. The van der Waals surface area contributed by atoms with Crippen molar-refractivity contribution in [1.82, 2.24) is 24.6 Å². The van der Waals surface area contributed by atoms with E-state index in [9.17, 15) is 14.0 Å². The first-order valence-corrected chi connectivity index (χ1v) is 12.7. The average molecular weight is 478 g/mol. The first-order valence-electron chi connectivity index (χ1n) is 12.7. The number of hydrogen-bond donors (Lipinski definition) is 1. The number of benzene rings is 1. The second-order valence-electron chi connectivity index (χ2n) is 9.65. The fourth-order valence-corrected chi connectivity index (χ4v) is 5.28. The van der Waals surface area contributed by atoms with Gasteiger partial charge in [-0.15, -0.1) is 0 Å². The number of nitrogens with zero attached hydrogens (tertiary/aromatic N) is 4. The predicted molar refractivity (Wildman–Crippen MR) is 131 cm³/mol. The monoisotopic (exact) mass is 477 g/mol. The summed E-state index contributed by atoms with van der Waals surface area (Å²) in [5.41, 5.74) is 1.11. The number of piperidine rings is 1. The summed E-state index contributed by atoms with van der Waals surface area (Å²) in [6.07, 6.45) is 13.8. The van der Waals surface area contributed by atoms with Crippen LogP contribution in [0.2, 0.25) is 0 Å². The summed E-state index contributed by atoms with van der Waals surface area (Å²) in [5.74, 6) is -0.00737. The van der Waals surface area contributed by atoms with E-state index in [-0.39, 0.29) is 29.6 Å². The quantitative estimate of drug-likeness (QED) is 0.550. The van der Waals surface area contributed by atoms with Crippen molar-refractivity contribution in [3.8, 4) is 11.5 Å². The van der Waals surface area contributed by atoms with E-state index in [1.165, 1.54) is 37.8 Å². The Hall–Kier alpha value is -3.42. The Kier molecular flexibility index (Phi) is 6.97. The molecule has 35 heavy (non-hydrogen) atoms. The minimum Gasteiger partial charge on any atom is -0.353 e. The number of carbonyl (C=O) groups is 2. The van der Waals surface area contributed by atoms with Gasteiger partial charge in [-0.1, -0.05) is 25.7 Å². The van der Waals surface area contributed by atoms with Crippen LogP contribution in [0, 0.1) is 11.7 Å². The number of nitrogens with one attached hydrogen (secondary N) is 1. The molecule has 1 saturated carbocycles. The van der Waals surface area contributed by atoms with Gasteiger partial charge in [-0.05, 0) is 62.1 Å². The zero-order valence-corrected chi connectivity index (χ0v) is 19.9. The minimum absolute atomic E-state index is 0.0713. The third kappa shape index (κ3) is 5.16. The number of halogens is 1. The van der Waals surface area contributed by atoms with Crippen LogP contribution in [0.4, 0.5) is 4.39 Å². The van der Waals surface area contributed by atoms with Crippen LogP contribution in [0.3, 0.4) is 0 Å². The fraction of sp³-hybridized carbons (Fsp3) is 0.444. The summed E-state index contributed by atoms with van der Waals surface area (Å²) in [7, 11) is 0. The molecule has 3 heterocycles. The Balaban J connectivity index is 1.36. The standard InChI is InChI=1S/C27H32FN5O2/c28-21-11-13-23(14-12-21)33-26(31-15-5-6-16-31)24(18-29-33)27(35)32-17-7-8-20(19-32)25(34)30-22-9-3-1-2-4-10-22/h5-6,11-16,18,20,22H,1-4,7-10,17,19H2,(H,30,34)/t20-/m0/s1. The molecule has 1 atom stereocenters. The van der Waals surface area contributed by atoms with E-state index in [1.807, 2.05) is 29.1 Å². The van der Waals surface area contributed by atoms with Gasteiger partial charge in [0.15, 0.2) is 5.82 Å². The average Bonchev–Trinajstić information content (AvgIpc) is 3.49. The topological polar surface area (TPSA) is 72.2 Å². The highest BCUT2D eigenvalue weighted by Gasteiger charge is 2.32. The Morgan fingerprint density at radius 2 is 1.66 bits per heavy atom. The molecule has 8 heteroatoms. The van der Waals surface area contributed by atoms with Crippen LogP contribution in [0.1, 0.15) is 61.7 Å². The lowest BCUT2D eigenvalue weighted by molar-refractivity contribution is -0.127. The Morgan fingerprint density at radius 3 is 2.37 bits per heavy atom. The zero-order chi connectivity index (χ0) is 24.2. The van der Waals surface area contributed by atoms with Crippen LogP contribution in [0.5, 0.6) is 0 Å². The van der Waals surface area contributed by atoms with E-state index < -0.39 is 0 Å².